The Hall–Kier alpha value is -1.31. The van der Waals surface area contributed by atoms with Crippen LogP contribution in [0.25, 0.3) is 22.0 Å². The lowest BCUT2D eigenvalue weighted by molar-refractivity contribution is 0.610. The zero-order valence-electron chi connectivity index (χ0n) is 10.3. The van der Waals surface area contributed by atoms with Crippen molar-refractivity contribution in [3.63, 3.8) is 0 Å². The average molecular weight is 375 g/mol. The number of H-pyrrole nitrogens is 1. The Morgan fingerprint density at radius 2 is 2.15 bits per heavy atom. The van der Waals surface area contributed by atoms with Gasteiger partial charge in [-0.3, -0.25) is 4.68 Å². The molecule has 0 amide bonds. The normalized spacial score (nSPS) is 12.2. The molecule has 1 N–H and O–H groups in total. The maximum Gasteiger partial charge on any atom is 0.263 e. The van der Waals surface area contributed by atoms with Crippen LogP contribution in [0.4, 0.5) is 0 Å². The van der Waals surface area contributed by atoms with Crippen LogP contribution in [0, 0.1) is 0 Å². The van der Waals surface area contributed by atoms with Crippen LogP contribution in [-0.2, 0) is 16.1 Å². The Morgan fingerprint density at radius 1 is 1.40 bits per heavy atom. The molecular weight excluding hydrogens is 366 g/mol. The van der Waals surface area contributed by atoms with E-state index in [1.807, 2.05) is 13.2 Å². The monoisotopic (exact) mass is 373 g/mol. The van der Waals surface area contributed by atoms with E-state index in [4.69, 9.17) is 10.7 Å². The number of aromatic amines is 1. The van der Waals surface area contributed by atoms with Gasteiger partial charge in [0.05, 0.1) is 11.7 Å². The summed E-state index contributed by atoms with van der Waals surface area (Å²) in [5.41, 5.74) is 2.43. The molecule has 0 bridgehead atoms. The van der Waals surface area contributed by atoms with Crippen LogP contribution in [0.3, 0.4) is 0 Å². The molecule has 0 aliphatic carbocycles. The first-order chi connectivity index (χ1) is 9.38. The average Bonchev–Trinajstić information content (AvgIpc) is 2.94. The Balaban J connectivity index is 2.38. The summed E-state index contributed by atoms with van der Waals surface area (Å²) >= 11 is 3.48. The molecule has 2 heterocycles. The molecule has 5 nitrogen and oxygen atoms in total. The van der Waals surface area contributed by atoms with Crippen LogP contribution in [0.1, 0.15) is 0 Å². The number of nitrogens with zero attached hydrogens (tertiary/aromatic N) is 2. The minimum Gasteiger partial charge on any atom is -0.359 e. The van der Waals surface area contributed by atoms with Crippen molar-refractivity contribution in [3.05, 3.63) is 35.2 Å². The largest absolute Gasteiger partial charge is 0.359 e. The van der Waals surface area contributed by atoms with Gasteiger partial charge in [-0.15, -0.1) is 0 Å². The van der Waals surface area contributed by atoms with Gasteiger partial charge in [0.25, 0.3) is 9.05 Å². The summed E-state index contributed by atoms with van der Waals surface area (Å²) in [6.45, 7) is 0. The Bertz CT molecular complexity index is 914. The second-order valence-corrected chi connectivity index (χ2v) is 7.73. The summed E-state index contributed by atoms with van der Waals surface area (Å²) in [5.74, 6) is 0. The molecular formula is C12H9BrClN3O2S. The zero-order valence-corrected chi connectivity index (χ0v) is 13.4. The van der Waals surface area contributed by atoms with Crippen molar-refractivity contribution in [2.75, 3.05) is 0 Å². The SMILES string of the molecule is Cn1cc(-c2c(Br)ccc3c(S(=O)(=O)Cl)c[nH]c23)cn1. The number of nitrogens with one attached hydrogen (secondary N) is 1. The quantitative estimate of drug-likeness (QED) is 0.700. The number of fused-ring (bicyclic) bond motifs is 1. The number of aromatic nitrogens is 3. The van der Waals surface area contributed by atoms with Gasteiger partial charge in [0.15, 0.2) is 0 Å². The predicted molar refractivity (Wildman–Crippen MR) is 81.2 cm³/mol. The summed E-state index contributed by atoms with van der Waals surface area (Å²) in [4.78, 5) is 3.06. The molecule has 0 unspecified atom stereocenters. The summed E-state index contributed by atoms with van der Waals surface area (Å²) in [7, 11) is 3.48. The van der Waals surface area contributed by atoms with E-state index in [0.29, 0.717) is 10.9 Å². The molecule has 3 rings (SSSR count). The lowest BCUT2D eigenvalue weighted by Gasteiger charge is -2.04. The van der Waals surface area contributed by atoms with Gasteiger partial charge in [-0.1, -0.05) is 22.0 Å². The maximum atomic E-state index is 11.6. The van der Waals surface area contributed by atoms with Gasteiger partial charge in [-0.2, -0.15) is 5.10 Å². The number of rotatable bonds is 2. The third kappa shape index (κ3) is 2.15. The molecule has 3 aromatic rings. The number of hydrogen-bond donors (Lipinski definition) is 1. The van der Waals surface area contributed by atoms with Crippen LogP contribution in [-0.4, -0.2) is 23.2 Å². The second kappa shape index (κ2) is 4.61. The summed E-state index contributed by atoms with van der Waals surface area (Å²) in [5, 5.41) is 4.69. The summed E-state index contributed by atoms with van der Waals surface area (Å²) < 4.78 is 25.7. The topological polar surface area (TPSA) is 67.8 Å². The fraction of sp³-hybridized carbons (Fsp3) is 0.0833. The third-order valence-corrected chi connectivity index (χ3v) is 5.05. The minimum atomic E-state index is -3.79. The first-order valence-electron chi connectivity index (χ1n) is 5.61. The van der Waals surface area contributed by atoms with Crippen molar-refractivity contribution in [2.24, 2.45) is 7.05 Å². The molecule has 0 radical (unpaired) electrons. The van der Waals surface area contributed by atoms with E-state index >= 15 is 0 Å². The molecule has 2 aromatic heterocycles. The van der Waals surface area contributed by atoms with E-state index in [0.717, 1.165) is 15.6 Å². The first-order valence-corrected chi connectivity index (χ1v) is 8.71. The highest BCUT2D eigenvalue weighted by Gasteiger charge is 2.19. The van der Waals surface area contributed by atoms with Crippen LogP contribution >= 0.6 is 26.6 Å². The van der Waals surface area contributed by atoms with Crippen molar-refractivity contribution in [2.45, 2.75) is 4.90 Å². The molecule has 0 atom stereocenters. The van der Waals surface area contributed by atoms with Gasteiger partial charge < -0.3 is 4.98 Å². The van der Waals surface area contributed by atoms with Gasteiger partial charge in [0, 0.05) is 51.1 Å². The first kappa shape index (κ1) is 13.7. The van der Waals surface area contributed by atoms with Crippen LogP contribution in [0.2, 0.25) is 0 Å². The molecule has 0 saturated heterocycles. The van der Waals surface area contributed by atoms with Gasteiger partial charge in [-0.05, 0) is 6.07 Å². The van der Waals surface area contributed by atoms with Crippen LogP contribution in [0.5, 0.6) is 0 Å². The highest BCUT2D eigenvalue weighted by atomic mass is 79.9. The highest BCUT2D eigenvalue weighted by molar-refractivity contribution is 9.10. The number of aryl methyl sites for hydroxylation is 1. The van der Waals surface area contributed by atoms with Gasteiger partial charge in [-0.25, -0.2) is 8.42 Å². The highest BCUT2D eigenvalue weighted by Crippen LogP contribution is 2.37. The lowest BCUT2D eigenvalue weighted by atomic mass is 10.1. The second-order valence-electron chi connectivity index (χ2n) is 4.34. The smallest absolute Gasteiger partial charge is 0.263 e. The van der Waals surface area contributed by atoms with Gasteiger partial charge in [0.1, 0.15) is 4.90 Å². The molecule has 1 aromatic carbocycles. The fourth-order valence-corrected chi connectivity index (χ4v) is 3.76. The molecule has 0 aliphatic heterocycles. The summed E-state index contributed by atoms with van der Waals surface area (Å²) in [6.07, 6.45) is 4.98. The van der Waals surface area contributed by atoms with Crippen molar-refractivity contribution in [1.29, 1.82) is 0 Å². The van der Waals surface area contributed by atoms with Crippen LogP contribution in [0.15, 0.2) is 40.1 Å². The van der Waals surface area contributed by atoms with E-state index in [1.165, 1.54) is 6.20 Å². The number of benzene rings is 1. The molecule has 0 aliphatic rings. The lowest BCUT2D eigenvalue weighted by Crippen LogP contribution is -1.88. The predicted octanol–water partition coefficient (Wildman–Crippen LogP) is 3.26. The zero-order chi connectivity index (χ0) is 14.5. The number of hydrogen-bond acceptors (Lipinski definition) is 3. The maximum absolute atomic E-state index is 11.6. The Morgan fingerprint density at radius 3 is 2.75 bits per heavy atom. The molecule has 0 saturated carbocycles. The molecule has 0 spiro atoms. The molecule has 0 fully saturated rings. The summed E-state index contributed by atoms with van der Waals surface area (Å²) in [6, 6.07) is 3.51. The molecule has 104 valence electrons. The van der Waals surface area contributed by atoms with Crippen molar-refractivity contribution >= 4 is 46.6 Å². The van der Waals surface area contributed by atoms with E-state index in [-0.39, 0.29) is 4.90 Å². The van der Waals surface area contributed by atoms with Crippen molar-refractivity contribution in [1.82, 2.24) is 14.8 Å². The van der Waals surface area contributed by atoms with Crippen LogP contribution < -0.4 is 0 Å². The molecule has 20 heavy (non-hydrogen) atoms. The third-order valence-electron chi connectivity index (χ3n) is 3.02. The number of halogens is 2. The fourth-order valence-electron chi connectivity index (χ4n) is 2.18. The van der Waals surface area contributed by atoms with E-state index < -0.39 is 9.05 Å². The van der Waals surface area contributed by atoms with Gasteiger partial charge in [0.2, 0.25) is 0 Å². The minimum absolute atomic E-state index is 0.0757. The van der Waals surface area contributed by atoms with Crippen molar-refractivity contribution < 1.29 is 8.42 Å². The van der Waals surface area contributed by atoms with Crippen molar-refractivity contribution in [3.8, 4) is 11.1 Å². The van der Waals surface area contributed by atoms with E-state index in [1.54, 1.807) is 23.0 Å². The van der Waals surface area contributed by atoms with E-state index in [2.05, 4.69) is 26.0 Å². The standard InChI is InChI=1S/C12H9BrClN3O2S/c1-17-6-7(4-16-17)11-9(13)3-2-8-10(20(14,18)19)5-15-12(8)11/h2-6,15H,1H3. The molecule has 8 heteroatoms. The Labute approximate surface area is 128 Å². The van der Waals surface area contributed by atoms with E-state index in [9.17, 15) is 8.42 Å². The Kier molecular flexibility index (Phi) is 3.15. The van der Waals surface area contributed by atoms with Gasteiger partial charge >= 0.3 is 0 Å².